The topological polar surface area (TPSA) is 117 Å². The first-order chi connectivity index (χ1) is 8.86. The van der Waals surface area contributed by atoms with Crippen LogP contribution in [-0.4, -0.2) is 30.5 Å². The van der Waals surface area contributed by atoms with Crippen molar-refractivity contribution in [2.75, 3.05) is 0 Å². The quantitative estimate of drug-likeness (QED) is 0.702. The Labute approximate surface area is 100 Å². The molecule has 3 rings (SSSR count). The zero-order valence-corrected chi connectivity index (χ0v) is 8.90. The van der Waals surface area contributed by atoms with Gasteiger partial charge in [0.1, 0.15) is 11.8 Å². The van der Waals surface area contributed by atoms with Gasteiger partial charge in [-0.15, -0.1) is 0 Å². The summed E-state index contributed by atoms with van der Waals surface area (Å²) in [4.78, 5) is 8.18. The predicted molar refractivity (Wildman–Crippen MR) is 57.6 cm³/mol. The first-order valence-electron chi connectivity index (χ1n) is 4.93. The number of H-pyrrole nitrogens is 1. The zero-order valence-electron chi connectivity index (χ0n) is 8.90. The Bertz CT molecular complexity index is 693. The Kier molecular flexibility index (Phi) is 2.28. The summed E-state index contributed by atoms with van der Waals surface area (Å²) in [5, 5.41) is 22.4. The Hall–Kier alpha value is -3.08. The predicted octanol–water partition coefficient (Wildman–Crippen LogP) is 0.788. The average Bonchev–Trinajstić information content (AvgIpc) is 3.09. The second kappa shape index (κ2) is 4.06. The van der Waals surface area contributed by atoms with Crippen LogP contribution in [0.4, 0.5) is 0 Å². The lowest BCUT2D eigenvalue weighted by Crippen LogP contribution is -1.85. The smallest absolute Gasteiger partial charge is 0.276 e. The molecule has 0 aliphatic rings. The third kappa shape index (κ3) is 1.69. The minimum atomic E-state index is 0.262. The van der Waals surface area contributed by atoms with Gasteiger partial charge in [-0.25, -0.2) is 4.98 Å². The van der Waals surface area contributed by atoms with Crippen molar-refractivity contribution in [2.24, 2.45) is 0 Å². The van der Waals surface area contributed by atoms with Gasteiger partial charge in [0.25, 0.3) is 5.89 Å². The maximum Gasteiger partial charge on any atom is 0.276 e. The summed E-state index contributed by atoms with van der Waals surface area (Å²) in [7, 11) is 0. The van der Waals surface area contributed by atoms with Crippen molar-refractivity contribution in [3.05, 3.63) is 30.1 Å². The number of nitrogens with zero attached hydrogens (tertiary/aromatic N) is 6. The third-order valence-electron chi connectivity index (χ3n) is 2.18. The van der Waals surface area contributed by atoms with Crippen LogP contribution < -0.4 is 0 Å². The van der Waals surface area contributed by atoms with Gasteiger partial charge in [0.2, 0.25) is 5.82 Å². The van der Waals surface area contributed by atoms with E-state index in [-0.39, 0.29) is 5.89 Å². The lowest BCUT2D eigenvalue weighted by Gasteiger charge is -1.91. The van der Waals surface area contributed by atoms with Crippen LogP contribution in [0.5, 0.6) is 0 Å². The molecular formula is C10H5N7O. The standard InChI is InChI=1S/C10H5N7O/c11-3-6-1-2-7(12-4-6)10-14-9(16-18-10)8-5-13-17-15-8/h1-2,4-5H,(H,13,15,17). The highest BCUT2D eigenvalue weighted by Crippen LogP contribution is 2.18. The molecule has 0 saturated carbocycles. The third-order valence-corrected chi connectivity index (χ3v) is 2.18. The van der Waals surface area contributed by atoms with E-state index in [1.54, 1.807) is 12.1 Å². The highest BCUT2D eigenvalue weighted by atomic mass is 16.5. The van der Waals surface area contributed by atoms with Crippen molar-refractivity contribution in [1.82, 2.24) is 30.5 Å². The molecule has 0 saturated heterocycles. The minimum Gasteiger partial charge on any atom is -0.332 e. The van der Waals surface area contributed by atoms with Crippen molar-refractivity contribution in [3.63, 3.8) is 0 Å². The maximum atomic E-state index is 8.67. The summed E-state index contributed by atoms with van der Waals surface area (Å²) in [5.74, 6) is 0.586. The number of hydrogen-bond acceptors (Lipinski definition) is 7. The number of nitrogens with one attached hydrogen (secondary N) is 1. The van der Waals surface area contributed by atoms with Gasteiger partial charge < -0.3 is 4.52 Å². The van der Waals surface area contributed by atoms with Crippen molar-refractivity contribution in [3.8, 4) is 29.2 Å². The highest BCUT2D eigenvalue weighted by Gasteiger charge is 2.13. The van der Waals surface area contributed by atoms with Crippen LogP contribution in [0.1, 0.15) is 5.56 Å². The molecule has 8 heteroatoms. The molecule has 1 N–H and O–H groups in total. The van der Waals surface area contributed by atoms with E-state index < -0.39 is 0 Å². The van der Waals surface area contributed by atoms with E-state index in [1.165, 1.54) is 12.4 Å². The molecule has 3 heterocycles. The zero-order chi connectivity index (χ0) is 12.4. The van der Waals surface area contributed by atoms with Gasteiger partial charge in [0.05, 0.1) is 11.8 Å². The molecule has 0 fully saturated rings. The number of rotatable bonds is 2. The van der Waals surface area contributed by atoms with E-state index in [2.05, 4.69) is 30.5 Å². The summed E-state index contributed by atoms with van der Waals surface area (Å²) in [6.45, 7) is 0. The van der Waals surface area contributed by atoms with Crippen molar-refractivity contribution in [1.29, 1.82) is 5.26 Å². The maximum absolute atomic E-state index is 8.67. The number of nitriles is 1. The van der Waals surface area contributed by atoms with E-state index in [4.69, 9.17) is 9.78 Å². The number of pyridine rings is 1. The Balaban J connectivity index is 1.95. The fraction of sp³-hybridized carbons (Fsp3) is 0. The molecular weight excluding hydrogens is 234 g/mol. The second-order valence-electron chi connectivity index (χ2n) is 3.32. The average molecular weight is 239 g/mol. The van der Waals surface area contributed by atoms with Crippen LogP contribution in [0, 0.1) is 11.3 Å². The Morgan fingerprint density at radius 1 is 1.22 bits per heavy atom. The van der Waals surface area contributed by atoms with Crippen LogP contribution in [0.2, 0.25) is 0 Å². The van der Waals surface area contributed by atoms with E-state index in [0.29, 0.717) is 22.8 Å². The SMILES string of the molecule is N#Cc1ccc(-c2nc(-c3cn[nH]n3)no2)nc1. The van der Waals surface area contributed by atoms with Crippen molar-refractivity contribution >= 4 is 0 Å². The van der Waals surface area contributed by atoms with Crippen LogP contribution >= 0.6 is 0 Å². The first kappa shape index (κ1) is 10.1. The number of hydrogen-bond donors (Lipinski definition) is 1. The van der Waals surface area contributed by atoms with Crippen LogP contribution in [0.25, 0.3) is 23.1 Å². The first-order valence-corrected chi connectivity index (χ1v) is 4.93. The van der Waals surface area contributed by atoms with E-state index >= 15 is 0 Å². The molecule has 0 amide bonds. The lowest BCUT2D eigenvalue weighted by atomic mass is 10.3. The Morgan fingerprint density at radius 2 is 2.17 bits per heavy atom. The monoisotopic (exact) mass is 239 g/mol. The van der Waals surface area contributed by atoms with Crippen LogP contribution in [-0.2, 0) is 0 Å². The van der Waals surface area contributed by atoms with Gasteiger partial charge in [0, 0.05) is 6.20 Å². The molecule has 0 unspecified atom stereocenters. The molecule has 0 bridgehead atoms. The van der Waals surface area contributed by atoms with Gasteiger partial charge in [-0.1, -0.05) is 5.16 Å². The Morgan fingerprint density at radius 3 is 2.83 bits per heavy atom. The van der Waals surface area contributed by atoms with Gasteiger partial charge in [0.15, 0.2) is 5.69 Å². The molecule has 8 nitrogen and oxygen atoms in total. The molecule has 0 aliphatic carbocycles. The molecule has 18 heavy (non-hydrogen) atoms. The normalized spacial score (nSPS) is 10.2. The highest BCUT2D eigenvalue weighted by molar-refractivity contribution is 5.53. The van der Waals surface area contributed by atoms with Gasteiger partial charge in [-0.3, -0.25) is 0 Å². The fourth-order valence-corrected chi connectivity index (χ4v) is 1.33. The van der Waals surface area contributed by atoms with E-state index in [0.717, 1.165) is 0 Å². The number of aromatic nitrogens is 6. The molecule has 0 spiro atoms. The van der Waals surface area contributed by atoms with Crippen LogP contribution in [0.3, 0.4) is 0 Å². The van der Waals surface area contributed by atoms with E-state index in [1.807, 2.05) is 6.07 Å². The van der Waals surface area contributed by atoms with E-state index in [9.17, 15) is 0 Å². The molecule has 3 aromatic rings. The molecule has 0 radical (unpaired) electrons. The molecule has 0 atom stereocenters. The van der Waals surface area contributed by atoms with Crippen molar-refractivity contribution in [2.45, 2.75) is 0 Å². The van der Waals surface area contributed by atoms with Gasteiger partial charge in [-0.05, 0) is 12.1 Å². The summed E-state index contributed by atoms with van der Waals surface area (Å²) in [6, 6.07) is 5.25. The molecule has 3 aromatic heterocycles. The summed E-state index contributed by atoms with van der Waals surface area (Å²) in [6.07, 6.45) is 2.93. The van der Waals surface area contributed by atoms with Crippen LogP contribution in [0.15, 0.2) is 29.0 Å². The number of aromatic amines is 1. The molecule has 0 aromatic carbocycles. The summed E-state index contributed by atoms with van der Waals surface area (Å²) in [5.41, 5.74) is 1.45. The molecule has 0 aliphatic heterocycles. The van der Waals surface area contributed by atoms with Gasteiger partial charge in [-0.2, -0.15) is 25.7 Å². The summed E-state index contributed by atoms with van der Waals surface area (Å²) >= 11 is 0. The second-order valence-corrected chi connectivity index (χ2v) is 3.32. The lowest BCUT2D eigenvalue weighted by molar-refractivity contribution is 0.431. The van der Waals surface area contributed by atoms with Gasteiger partial charge >= 0.3 is 0 Å². The summed E-state index contributed by atoms with van der Waals surface area (Å²) < 4.78 is 5.06. The van der Waals surface area contributed by atoms with Crippen molar-refractivity contribution < 1.29 is 4.52 Å². The molecule has 86 valence electrons. The largest absolute Gasteiger partial charge is 0.332 e. The minimum absolute atomic E-state index is 0.262. The fourth-order valence-electron chi connectivity index (χ4n) is 1.33.